The number of nitrogens with two attached hydrogens (primary N) is 2. The summed E-state index contributed by atoms with van der Waals surface area (Å²) in [6.45, 7) is 11.6. The number of rotatable bonds is 42. The molecule has 1 aliphatic carbocycles. The Kier molecular flexibility index (Phi) is 29.3. The number of benzene rings is 2. The molecule has 2 aliphatic heterocycles. The number of primary amides is 1. The lowest BCUT2D eigenvalue weighted by atomic mass is 9.81. The molecule has 0 radical (unpaired) electrons. The number of nitrogens with one attached hydrogen (secondary N) is 6. The minimum atomic E-state index is -2.06. The summed E-state index contributed by atoms with van der Waals surface area (Å²) in [6.07, 6.45) is 0.510. The number of ether oxygens (including phenoxy) is 10. The smallest absolute Gasteiger partial charge is 0.407 e. The number of carbonyl (C=O) groups excluding carboxylic acids is 8. The molecule has 0 fully saturated rings. The molecule has 0 spiro atoms. The lowest BCUT2D eigenvalue weighted by molar-refractivity contribution is -0.172. The monoisotopic (exact) mass is 1350 g/mol. The van der Waals surface area contributed by atoms with Crippen LogP contribution in [0.3, 0.4) is 0 Å². The predicted molar refractivity (Wildman–Crippen MR) is 342 cm³/mol. The lowest BCUT2D eigenvalue weighted by Gasteiger charge is -2.31. The third-order valence-electron chi connectivity index (χ3n) is 16.3. The summed E-state index contributed by atoms with van der Waals surface area (Å²) in [5, 5.41) is 27.8. The van der Waals surface area contributed by atoms with Gasteiger partial charge in [-0.3, -0.25) is 33.6 Å². The summed E-state index contributed by atoms with van der Waals surface area (Å²) in [5.74, 6) is -5.61. The van der Waals surface area contributed by atoms with Crippen molar-refractivity contribution >= 4 is 64.1 Å². The highest BCUT2D eigenvalue weighted by Crippen LogP contribution is 2.46. The number of fused-ring (bicyclic) bond motifs is 5. The van der Waals surface area contributed by atoms with Gasteiger partial charge in [-0.15, -0.1) is 0 Å². The van der Waals surface area contributed by atoms with Crippen LogP contribution in [0, 0.1) is 12.7 Å². The Morgan fingerprint density at radius 1 is 0.771 bits per heavy atom. The van der Waals surface area contributed by atoms with Gasteiger partial charge in [-0.1, -0.05) is 19.1 Å². The molecular formula is C65H89FN10O20. The number of carbonyl (C=O) groups is 8. The van der Waals surface area contributed by atoms with E-state index in [9.17, 15) is 48.3 Å². The number of esters is 1. The standard InChI is InChI=1S/C65H89FN10O20/c1-6-65(86)46-31-52-57-44(34-76(52)62(83)45(46)36-95-63(65)84)56-49(15-14-43-38(2)47(66)32-50(73-57)55(43)56)75-64(85)96-35-41-10-12-42(13-11-41)72-61(82)51(33-53(68)77)74-59(80)40(4)70-58(79)39(3)71-60(81)48(67)9-7-8-16-69-54(78)37-94-30-29-93-28-27-92-26-25-91-24-23-90-22-21-89-20-19-88-18-17-87-5/h10-13,31-32,39-40,48-49,51,86H,6-9,14-30,33-37,67H2,1-5H3,(H2,68,77)(H,69,78)(H,70,79)(H,71,81)(H,72,82)(H,74,80)(H,75,85)/t39-,40-,48-,49-,51-,65-/m0/s1. The van der Waals surface area contributed by atoms with Crippen LogP contribution in [-0.4, -0.2) is 199 Å². The zero-order valence-electron chi connectivity index (χ0n) is 54.9. The Balaban J connectivity index is 0.757. The largest absolute Gasteiger partial charge is 0.458 e. The maximum atomic E-state index is 15.4. The summed E-state index contributed by atoms with van der Waals surface area (Å²) in [4.78, 5) is 122. The maximum absolute atomic E-state index is 15.4. The van der Waals surface area contributed by atoms with E-state index in [1.807, 2.05) is 0 Å². The van der Waals surface area contributed by atoms with Gasteiger partial charge < -0.3 is 100 Å². The van der Waals surface area contributed by atoms with Crippen molar-refractivity contribution in [3.8, 4) is 11.4 Å². The molecule has 31 heteroatoms. The van der Waals surface area contributed by atoms with E-state index in [2.05, 4.69) is 31.9 Å². The Morgan fingerprint density at radius 2 is 1.35 bits per heavy atom. The van der Waals surface area contributed by atoms with Crippen molar-refractivity contribution in [2.24, 2.45) is 11.5 Å². The van der Waals surface area contributed by atoms with Gasteiger partial charge in [0.25, 0.3) is 5.56 Å². The minimum absolute atomic E-state index is 0.0427. The van der Waals surface area contributed by atoms with Crippen LogP contribution in [0.25, 0.3) is 22.3 Å². The average Bonchev–Trinajstić information content (AvgIpc) is 1.47. The Bertz CT molecular complexity index is 3430. The first kappa shape index (κ1) is 75.3. The zero-order valence-corrected chi connectivity index (χ0v) is 54.9. The van der Waals surface area contributed by atoms with E-state index in [-0.39, 0.29) is 75.1 Å². The molecule has 0 bridgehead atoms. The summed E-state index contributed by atoms with van der Waals surface area (Å²) in [6, 6.07) is 3.50. The van der Waals surface area contributed by atoms with Crippen LogP contribution in [0.5, 0.6) is 0 Å². The van der Waals surface area contributed by atoms with Gasteiger partial charge in [0.15, 0.2) is 5.60 Å². The topological polar surface area (TPSA) is 408 Å². The molecule has 4 aromatic rings. The van der Waals surface area contributed by atoms with E-state index in [4.69, 9.17) is 63.8 Å². The number of halogens is 1. The number of pyridine rings is 2. The fraction of sp³-hybridized carbons (Fsp3) is 0.569. The Hall–Kier alpha value is -8.11. The van der Waals surface area contributed by atoms with Crippen LogP contribution in [0.4, 0.5) is 14.9 Å². The third kappa shape index (κ3) is 20.9. The first-order valence-corrected chi connectivity index (χ1v) is 32.0. The van der Waals surface area contributed by atoms with E-state index in [0.717, 1.165) is 5.56 Å². The molecule has 0 unspecified atom stereocenters. The number of cyclic esters (lactones) is 1. The molecule has 11 N–H and O–H groups in total. The fourth-order valence-electron chi connectivity index (χ4n) is 11.0. The second-order valence-corrected chi connectivity index (χ2v) is 23.2. The van der Waals surface area contributed by atoms with Crippen molar-refractivity contribution < 1.29 is 95.2 Å². The van der Waals surface area contributed by atoms with E-state index < -0.39 is 95.2 Å². The highest BCUT2D eigenvalue weighted by atomic mass is 19.1. The number of unbranched alkanes of at least 4 members (excludes halogenated alkanes) is 1. The number of amides is 7. The number of alkyl carbamates (subject to hydrolysis) is 1. The van der Waals surface area contributed by atoms with Crippen molar-refractivity contribution in [3.05, 3.63) is 91.5 Å². The predicted octanol–water partition coefficient (Wildman–Crippen LogP) is 1.13. The molecule has 30 nitrogen and oxygen atoms in total. The molecule has 7 rings (SSSR count). The number of aliphatic hydroxyl groups is 1. The molecule has 4 heterocycles. The fourth-order valence-corrected chi connectivity index (χ4v) is 11.0. The van der Waals surface area contributed by atoms with Gasteiger partial charge >= 0.3 is 12.1 Å². The van der Waals surface area contributed by atoms with Gasteiger partial charge in [0.1, 0.15) is 43.8 Å². The van der Waals surface area contributed by atoms with Crippen molar-refractivity contribution in [2.45, 2.75) is 128 Å². The molecule has 96 heavy (non-hydrogen) atoms. The van der Waals surface area contributed by atoms with E-state index in [1.54, 1.807) is 39.2 Å². The number of methoxy groups -OCH3 is 1. The van der Waals surface area contributed by atoms with Gasteiger partial charge in [0.05, 0.1) is 140 Å². The third-order valence-corrected chi connectivity index (χ3v) is 16.3. The molecule has 3 aliphatic rings. The van der Waals surface area contributed by atoms with Crippen LogP contribution in [-0.2, 0) is 113 Å². The molecule has 2 aromatic carbocycles. The Labute approximate surface area is 554 Å². The second kappa shape index (κ2) is 37.4. The molecule has 7 amide bonds. The number of hydrogen-bond acceptors (Lipinski definition) is 22. The first-order chi connectivity index (χ1) is 46.1. The van der Waals surface area contributed by atoms with Crippen molar-refractivity contribution in [1.82, 2.24) is 36.1 Å². The number of nitrogens with zero attached hydrogens (tertiary/aromatic N) is 2. The first-order valence-electron chi connectivity index (χ1n) is 32.0. The van der Waals surface area contributed by atoms with Crippen LogP contribution in [0.15, 0.2) is 41.2 Å². The SMILES string of the molecule is CC[C@@]1(O)C(=O)OCc2c1cc1n(c2=O)Cc2c-1nc1cc(F)c(C)c3c1c2[C@@H](NC(=O)OCc1ccc(NC(=O)[C@H](CC(N)=O)NC(=O)[C@H](C)NC(=O)[C@H](C)NC(=O)[C@@H](N)CCCCNC(=O)COCCOCCOCCOCCOCCOCCOCCOC)cc1)CC3. The lowest BCUT2D eigenvalue weighted by Crippen LogP contribution is -2.56. The molecule has 526 valence electrons. The van der Waals surface area contributed by atoms with Crippen LogP contribution in [0.2, 0.25) is 0 Å². The highest BCUT2D eigenvalue weighted by Gasteiger charge is 2.46. The molecular weight excluding hydrogens is 1260 g/mol. The molecule has 2 aromatic heterocycles. The zero-order chi connectivity index (χ0) is 69.3. The molecule has 0 saturated heterocycles. The van der Waals surface area contributed by atoms with Gasteiger partial charge in [0.2, 0.25) is 35.4 Å². The van der Waals surface area contributed by atoms with E-state index in [1.165, 1.54) is 36.6 Å². The molecule has 0 saturated carbocycles. The van der Waals surface area contributed by atoms with Crippen molar-refractivity contribution in [2.75, 3.05) is 118 Å². The summed E-state index contributed by atoms with van der Waals surface area (Å²) < 4.78 is 70.6. The van der Waals surface area contributed by atoms with Crippen molar-refractivity contribution in [1.29, 1.82) is 0 Å². The Morgan fingerprint density at radius 3 is 1.95 bits per heavy atom. The summed E-state index contributed by atoms with van der Waals surface area (Å²) in [7, 11) is 1.62. The maximum Gasteiger partial charge on any atom is 0.407 e. The normalized spacial score (nSPS) is 16.4. The summed E-state index contributed by atoms with van der Waals surface area (Å²) >= 11 is 0. The number of anilines is 1. The minimum Gasteiger partial charge on any atom is -0.458 e. The average molecular weight is 1350 g/mol. The summed E-state index contributed by atoms with van der Waals surface area (Å²) in [5.41, 5.74) is 13.4. The van der Waals surface area contributed by atoms with E-state index in [0.29, 0.717) is 156 Å². The van der Waals surface area contributed by atoms with Gasteiger partial charge in [-0.25, -0.2) is 19.0 Å². The van der Waals surface area contributed by atoms with Gasteiger partial charge in [-0.2, -0.15) is 0 Å². The van der Waals surface area contributed by atoms with Gasteiger partial charge in [-0.05, 0) is 99.7 Å². The van der Waals surface area contributed by atoms with Gasteiger partial charge in [0, 0.05) is 41.9 Å². The number of aryl methyl sites for hydroxylation is 1. The number of hydrogen-bond donors (Lipinski definition) is 9. The molecule has 6 atom stereocenters. The van der Waals surface area contributed by atoms with E-state index >= 15 is 4.39 Å². The van der Waals surface area contributed by atoms with Crippen LogP contribution in [0.1, 0.15) is 104 Å². The van der Waals surface area contributed by atoms with Crippen molar-refractivity contribution in [3.63, 3.8) is 0 Å². The second-order valence-electron chi connectivity index (χ2n) is 23.2. The van der Waals surface area contributed by atoms with Crippen LogP contribution >= 0.6 is 0 Å². The quantitative estimate of drug-likeness (QED) is 0.0195. The number of aromatic nitrogens is 2. The van der Waals surface area contributed by atoms with Crippen LogP contribution < -0.4 is 48.9 Å². The highest BCUT2D eigenvalue weighted by molar-refractivity contribution is 6.01.